The zero-order chi connectivity index (χ0) is 13.8. The molecular formula is C18H28Cl2N2. The van der Waals surface area contributed by atoms with Crippen LogP contribution >= 0.6 is 24.8 Å². The lowest BCUT2D eigenvalue weighted by Crippen LogP contribution is -2.34. The third kappa shape index (κ3) is 5.58. The van der Waals surface area contributed by atoms with Crippen molar-refractivity contribution in [3.8, 4) is 0 Å². The molecule has 1 saturated carbocycles. The van der Waals surface area contributed by atoms with Crippen molar-refractivity contribution in [1.82, 2.24) is 10.6 Å². The predicted octanol–water partition coefficient (Wildman–Crippen LogP) is 3.91. The van der Waals surface area contributed by atoms with E-state index in [4.69, 9.17) is 0 Å². The Kier molecular flexibility index (Phi) is 8.48. The molecule has 2 N–H and O–H groups in total. The molecule has 22 heavy (non-hydrogen) atoms. The van der Waals surface area contributed by atoms with E-state index in [0.29, 0.717) is 0 Å². The molecule has 1 aliphatic heterocycles. The van der Waals surface area contributed by atoms with Crippen molar-refractivity contribution < 1.29 is 0 Å². The highest BCUT2D eigenvalue weighted by atomic mass is 35.5. The van der Waals surface area contributed by atoms with Crippen LogP contribution in [0.4, 0.5) is 0 Å². The fraction of sp³-hybridized carbons (Fsp3) is 0.556. The summed E-state index contributed by atoms with van der Waals surface area (Å²) < 4.78 is 0. The predicted molar refractivity (Wildman–Crippen MR) is 100 cm³/mol. The van der Waals surface area contributed by atoms with Crippen LogP contribution in [0.5, 0.6) is 0 Å². The molecule has 1 aromatic carbocycles. The van der Waals surface area contributed by atoms with E-state index in [2.05, 4.69) is 54.0 Å². The minimum Gasteiger partial charge on any atom is -0.317 e. The largest absolute Gasteiger partial charge is 0.317 e. The van der Waals surface area contributed by atoms with Gasteiger partial charge in [0.2, 0.25) is 0 Å². The maximum atomic E-state index is 3.77. The number of benzene rings is 1. The normalized spacial score (nSPS) is 25.0. The minimum absolute atomic E-state index is 0. The number of rotatable bonds is 5. The smallest absolute Gasteiger partial charge is 0.0139 e. The molecule has 0 spiro atoms. The van der Waals surface area contributed by atoms with Crippen molar-refractivity contribution in [1.29, 1.82) is 0 Å². The lowest BCUT2D eigenvalue weighted by molar-refractivity contribution is 0.354. The standard InChI is InChI=1S/C18H26N2.2ClH/c1-14(11-15-5-3-2-4-6-15)17-12-18(17)20-13-16-7-9-19-10-8-16;;/h2-6,11,16-20H,7-10,12-13H2,1H3;2*1H/b14-11+;;. The summed E-state index contributed by atoms with van der Waals surface area (Å²) in [5.74, 6) is 1.65. The Hall–Kier alpha value is -0.540. The molecule has 0 aromatic heterocycles. The molecule has 0 amide bonds. The monoisotopic (exact) mass is 342 g/mol. The molecule has 2 fully saturated rings. The van der Waals surface area contributed by atoms with Crippen molar-refractivity contribution >= 4 is 30.9 Å². The van der Waals surface area contributed by atoms with Crippen LogP contribution < -0.4 is 10.6 Å². The van der Waals surface area contributed by atoms with Gasteiger partial charge in [0.25, 0.3) is 0 Å². The average molecular weight is 343 g/mol. The second-order valence-corrected chi connectivity index (χ2v) is 6.35. The zero-order valence-electron chi connectivity index (χ0n) is 13.3. The van der Waals surface area contributed by atoms with Gasteiger partial charge in [0.05, 0.1) is 0 Å². The highest BCUT2D eigenvalue weighted by Gasteiger charge is 2.37. The Morgan fingerprint density at radius 3 is 2.55 bits per heavy atom. The van der Waals surface area contributed by atoms with Gasteiger partial charge in [-0.3, -0.25) is 0 Å². The molecule has 124 valence electrons. The van der Waals surface area contributed by atoms with Gasteiger partial charge in [0, 0.05) is 6.04 Å². The van der Waals surface area contributed by atoms with Gasteiger partial charge in [-0.1, -0.05) is 42.0 Å². The van der Waals surface area contributed by atoms with Crippen LogP contribution in [0, 0.1) is 11.8 Å². The summed E-state index contributed by atoms with van der Waals surface area (Å²) in [4.78, 5) is 0. The van der Waals surface area contributed by atoms with Gasteiger partial charge in [0.15, 0.2) is 0 Å². The van der Waals surface area contributed by atoms with Crippen LogP contribution in [-0.2, 0) is 0 Å². The lowest BCUT2D eigenvalue weighted by atomic mass is 9.98. The molecule has 1 aromatic rings. The van der Waals surface area contributed by atoms with Crippen LogP contribution in [0.25, 0.3) is 6.08 Å². The van der Waals surface area contributed by atoms with Crippen molar-refractivity contribution in [2.45, 2.75) is 32.2 Å². The molecule has 1 aliphatic carbocycles. The van der Waals surface area contributed by atoms with Crippen molar-refractivity contribution in [2.24, 2.45) is 11.8 Å². The van der Waals surface area contributed by atoms with E-state index in [1.807, 2.05) is 0 Å². The molecule has 2 atom stereocenters. The maximum absolute atomic E-state index is 3.77. The van der Waals surface area contributed by atoms with Gasteiger partial charge in [-0.15, -0.1) is 24.8 Å². The third-order valence-electron chi connectivity index (χ3n) is 4.70. The Bertz CT molecular complexity index is 455. The molecule has 2 nitrogen and oxygen atoms in total. The van der Waals surface area contributed by atoms with E-state index in [-0.39, 0.29) is 24.8 Å². The van der Waals surface area contributed by atoms with Crippen molar-refractivity contribution in [3.05, 3.63) is 41.5 Å². The second-order valence-electron chi connectivity index (χ2n) is 6.35. The molecule has 2 unspecified atom stereocenters. The van der Waals surface area contributed by atoms with Crippen LogP contribution in [0.2, 0.25) is 0 Å². The van der Waals surface area contributed by atoms with E-state index >= 15 is 0 Å². The van der Waals surface area contributed by atoms with Gasteiger partial charge in [-0.25, -0.2) is 0 Å². The van der Waals surface area contributed by atoms with Crippen LogP contribution in [0.3, 0.4) is 0 Å². The van der Waals surface area contributed by atoms with Crippen LogP contribution in [0.1, 0.15) is 31.7 Å². The first kappa shape index (κ1) is 19.5. The number of hydrogen-bond donors (Lipinski definition) is 2. The van der Waals surface area contributed by atoms with Gasteiger partial charge >= 0.3 is 0 Å². The molecule has 1 heterocycles. The molecule has 1 saturated heterocycles. The van der Waals surface area contributed by atoms with Gasteiger partial charge in [-0.2, -0.15) is 0 Å². The Labute approximate surface area is 147 Å². The van der Waals surface area contributed by atoms with Gasteiger partial charge in [0.1, 0.15) is 0 Å². The fourth-order valence-corrected chi connectivity index (χ4v) is 3.25. The quantitative estimate of drug-likeness (QED) is 0.847. The Morgan fingerprint density at radius 2 is 1.86 bits per heavy atom. The summed E-state index contributed by atoms with van der Waals surface area (Å²) in [5.41, 5.74) is 2.85. The fourth-order valence-electron chi connectivity index (χ4n) is 3.25. The van der Waals surface area contributed by atoms with E-state index < -0.39 is 0 Å². The van der Waals surface area contributed by atoms with Gasteiger partial charge < -0.3 is 10.6 Å². The summed E-state index contributed by atoms with van der Waals surface area (Å²) in [6, 6.07) is 11.4. The summed E-state index contributed by atoms with van der Waals surface area (Å²) in [7, 11) is 0. The first-order valence-corrected chi connectivity index (χ1v) is 8.00. The van der Waals surface area contributed by atoms with Crippen molar-refractivity contribution in [3.63, 3.8) is 0 Å². The summed E-state index contributed by atoms with van der Waals surface area (Å²) >= 11 is 0. The first-order valence-electron chi connectivity index (χ1n) is 8.00. The summed E-state index contributed by atoms with van der Waals surface area (Å²) in [6.45, 7) is 5.89. The van der Waals surface area contributed by atoms with E-state index in [1.165, 1.54) is 50.0 Å². The highest BCUT2D eigenvalue weighted by molar-refractivity contribution is 5.85. The summed E-state index contributed by atoms with van der Waals surface area (Å²) in [6.07, 6.45) is 6.34. The van der Waals surface area contributed by atoms with E-state index in [9.17, 15) is 0 Å². The first-order chi connectivity index (χ1) is 9.83. The zero-order valence-corrected chi connectivity index (χ0v) is 14.9. The molecular weight excluding hydrogens is 315 g/mol. The molecule has 3 rings (SSSR count). The minimum atomic E-state index is 0. The molecule has 0 bridgehead atoms. The highest BCUT2D eigenvalue weighted by Crippen LogP contribution is 2.38. The number of hydrogen-bond acceptors (Lipinski definition) is 2. The number of piperidine rings is 1. The maximum Gasteiger partial charge on any atom is 0.0139 e. The average Bonchev–Trinajstić information content (AvgIpc) is 3.27. The van der Waals surface area contributed by atoms with Crippen LogP contribution in [0.15, 0.2) is 35.9 Å². The third-order valence-corrected chi connectivity index (χ3v) is 4.70. The Morgan fingerprint density at radius 1 is 1.18 bits per heavy atom. The molecule has 4 heteroatoms. The number of halogens is 2. The molecule has 0 radical (unpaired) electrons. The van der Waals surface area contributed by atoms with E-state index in [0.717, 1.165) is 17.9 Å². The number of nitrogens with one attached hydrogen (secondary N) is 2. The second kappa shape index (κ2) is 9.57. The van der Waals surface area contributed by atoms with Gasteiger partial charge in [-0.05, 0) is 63.2 Å². The van der Waals surface area contributed by atoms with E-state index in [1.54, 1.807) is 0 Å². The molecule has 2 aliphatic rings. The van der Waals surface area contributed by atoms with Crippen molar-refractivity contribution in [2.75, 3.05) is 19.6 Å². The SMILES string of the molecule is C/C(=C\c1ccccc1)C1CC1NCC1CCNCC1.Cl.Cl. The summed E-state index contributed by atoms with van der Waals surface area (Å²) in [5, 5.41) is 7.21. The Balaban J connectivity index is 0.00000121. The topological polar surface area (TPSA) is 24.1 Å². The lowest BCUT2D eigenvalue weighted by Gasteiger charge is -2.22. The van der Waals surface area contributed by atoms with Crippen LogP contribution in [-0.4, -0.2) is 25.7 Å².